The third-order valence-electron chi connectivity index (χ3n) is 8.23. The molecular formula is C30H38N2O5S2. The fraction of sp³-hybridized carbons (Fsp3) is 0.533. The van der Waals surface area contributed by atoms with Crippen LogP contribution in [0.3, 0.4) is 0 Å². The average molecular weight is 571 g/mol. The van der Waals surface area contributed by atoms with E-state index in [1.165, 1.54) is 16.9 Å². The molecule has 5 rings (SSSR count). The van der Waals surface area contributed by atoms with Gasteiger partial charge in [0.25, 0.3) is 5.91 Å². The van der Waals surface area contributed by atoms with E-state index in [-0.39, 0.29) is 35.2 Å². The summed E-state index contributed by atoms with van der Waals surface area (Å²) in [5.41, 5.74) is 4.36. The summed E-state index contributed by atoms with van der Waals surface area (Å²) in [5.74, 6) is 0.385. The lowest BCUT2D eigenvalue weighted by molar-refractivity contribution is -0.115. The molecule has 2 aliphatic rings. The molecule has 2 unspecified atom stereocenters. The number of benzene rings is 1. The molecule has 2 N–H and O–H groups in total. The number of sulfone groups is 1. The van der Waals surface area contributed by atoms with Gasteiger partial charge >= 0.3 is 0 Å². The van der Waals surface area contributed by atoms with Crippen LogP contribution in [-0.2, 0) is 33.9 Å². The molecule has 0 saturated carbocycles. The summed E-state index contributed by atoms with van der Waals surface area (Å²) in [6, 6.07) is 5.66. The Bertz CT molecular complexity index is 1520. The van der Waals surface area contributed by atoms with Crippen molar-refractivity contribution in [2.24, 2.45) is 11.3 Å². The highest BCUT2D eigenvalue weighted by Crippen LogP contribution is 2.44. The molecular weight excluding hydrogens is 532 g/mol. The van der Waals surface area contributed by atoms with E-state index < -0.39 is 15.9 Å². The maximum absolute atomic E-state index is 13.6. The highest BCUT2D eigenvalue weighted by molar-refractivity contribution is 7.91. The minimum Gasteiger partial charge on any atom is -0.464 e. The van der Waals surface area contributed by atoms with Crippen LogP contribution in [0, 0.1) is 11.3 Å². The quantitative estimate of drug-likeness (QED) is 0.386. The number of fused-ring (bicyclic) bond motifs is 2. The van der Waals surface area contributed by atoms with Gasteiger partial charge in [-0.25, -0.2) is 8.42 Å². The molecule has 1 aromatic carbocycles. The van der Waals surface area contributed by atoms with Gasteiger partial charge < -0.3 is 15.1 Å². The number of nitrogens with one attached hydrogen (secondary N) is 2. The number of furan rings is 1. The average Bonchev–Trinajstić information content (AvgIpc) is 3.51. The van der Waals surface area contributed by atoms with E-state index >= 15 is 0 Å². The SMILES string of the molecule is CC(C)c1ccc2occ(CC(=O)Nc3sc4c(c3C(=O)NC3CCS(=O)(=O)C3)CCC(C(C)(C)C)C4)c2c1. The first-order valence-corrected chi connectivity index (χ1v) is 16.4. The van der Waals surface area contributed by atoms with Crippen LogP contribution >= 0.6 is 11.3 Å². The van der Waals surface area contributed by atoms with Gasteiger partial charge in [0.2, 0.25) is 5.91 Å². The Morgan fingerprint density at radius 3 is 2.62 bits per heavy atom. The molecule has 1 saturated heterocycles. The third kappa shape index (κ3) is 5.94. The minimum atomic E-state index is -3.13. The van der Waals surface area contributed by atoms with Crippen LogP contribution in [0.25, 0.3) is 11.0 Å². The Balaban J connectivity index is 1.41. The molecule has 0 radical (unpaired) electrons. The Morgan fingerprint density at radius 1 is 1.18 bits per heavy atom. The number of hydrogen-bond donors (Lipinski definition) is 2. The first kappa shape index (κ1) is 27.9. The van der Waals surface area contributed by atoms with E-state index in [1.54, 1.807) is 6.26 Å². The molecule has 2 atom stereocenters. The third-order valence-corrected chi connectivity index (χ3v) is 11.2. The summed E-state index contributed by atoms with van der Waals surface area (Å²) in [6.45, 7) is 11.0. The fourth-order valence-electron chi connectivity index (χ4n) is 5.76. The van der Waals surface area contributed by atoms with Crippen molar-refractivity contribution in [2.75, 3.05) is 16.8 Å². The summed E-state index contributed by atoms with van der Waals surface area (Å²) in [4.78, 5) is 28.0. The van der Waals surface area contributed by atoms with Crippen LogP contribution < -0.4 is 10.6 Å². The second-order valence-electron chi connectivity index (χ2n) is 12.5. The lowest BCUT2D eigenvalue weighted by Crippen LogP contribution is -2.36. The number of carbonyl (C=O) groups excluding carboxylic acids is 2. The van der Waals surface area contributed by atoms with Gasteiger partial charge in [0.05, 0.1) is 29.8 Å². The largest absolute Gasteiger partial charge is 0.464 e. The second kappa shape index (κ2) is 10.4. The normalized spacial score (nSPS) is 20.8. The topological polar surface area (TPSA) is 105 Å². The van der Waals surface area contributed by atoms with E-state index in [2.05, 4.69) is 51.3 Å². The van der Waals surface area contributed by atoms with Crippen LogP contribution in [0.2, 0.25) is 0 Å². The number of anilines is 1. The predicted molar refractivity (Wildman–Crippen MR) is 156 cm³/mol. The van der Waals surface area contributed by atoms with E-state index in [1.807, 2.05) is 12.1 Å². The van der Waals surface area contributed by atoms with Gasteiger partial charge in [-0.1, -0.05) is 40.7 Å². The number of carbonyl (C=O) groups is 2. The Labute approximate surface area is 234 Å². The number of thiophene rings is 1. The van der Waals surface area contributed by atoms with Crippen LogP contribution in [0.15, 0.2) is 28.9 Å². The van der Waals surface area contributed by atoms with Crippen LogP contribution in [0.4, 0.5) is 5.00 Å². The Kier molecular flexibility index (Phi) is 7.44. The van der Waals surface area contributed by atoms with Gasteiger partial charge in [-0.15, -0.1) is 11.3 Å². The molecule has 3 aromatic rings. The summed E-state index contributed by atoms with van der Waals surface area (Å²) in [5, 5.41) is 7.47. The molecule has 3 heterocycles. The van der Waals surface area contributed by atoms with Crippen molar-refractivity contribution in [3.05, 3.63) is 51.6 Å². The predicted octanol–water partition coefficient (Wildman–Crippen LogP) is 5.87. The molecule has 2 aromatic heterocycles. The molecule has 39 heavy (non-hydrogen) atoms. The highest BCUT2D eigenvalue weighted by atomic mass is 32.2. The van der Waals surface area contributed by atoms with Crippen molar-refractivity contribution < 1.29 is 22.4 Å². The zero-order valence-electron chi connectivity index (χ0n) is 23.3. The molecule has 9 heteroatoms. The van der Waals surface area contributed by atoms with Crippen molar-refractivity contribution in [1.82, 2.24) is 5.32 Å². The van der Waals surface area contributed by atoms with E-state index in [9.17, 15) is 18.0 Å². The van der Waals surface area contributed by atoms with Gasteiger partial charge in [-0.2, -0.15) is 0 Å². The lowest BCUT2D eigenvalue weighted by atomic mass is 9.72. The summed E-state index contributed by atoms with van der Waals surface area (Å²) < 4.78 is 29.7. The molecule has 0 bridgehead atoms. The number of rotatable bonds is 6. The molecule has 1 aliphatic heterocycles. The van der Waals surface area contributed by atoms with Crippen LogP contribution in [0.1, 0.15) is 85.3 Å². The minimum absolute atomic E-state index is 0.0369. The summed E-state index contributed by atoms with van der Waals surface area (Å²) in [6.07, 6.45) is 4.78. The Hall–Kier alpha value is -2.65. The fourth-order valence-corrected chi connectivity index (χ4v) is 8.77. The summed E-state index contributed by atoms with van der Waals surface area (Å²) >= 11 is 1.48. The van der Waals surface area contributed by atoms with Gasteiger partial charge in [-0.05, 0) is 66.2 Å². The molecule has 0 spiro atoms. The smallest absolute Gasteiger partial charge is 0.254 e. The zero-order chi connectivity index (χ0) is 28.1. The van der Waals surface area contributed by atoms with Crippen molar-refractivity contribution >= 4 is 49.0 Å². The second-order valence-corrected chi connectivity index (χ2v) is 15.8. The molecule has 210 valence electrons. The zero-order valence-corrected chi connectivity index (χ0v) is 25.0. The van der Waals surface area contributed by atoms with E-state index in [4.69, 9.17) is 4.42 Å². The maximum atomic E-state index is 13.6. The van der Waals surface area contributed by atoms with Gasteiger partial charge in [0, 0.05) is 21.9 Å². The summed E-state index contributed by atoms with van der Waals surface area (Å²) in [7, 11) is -3.13. The van der Waals surface area contributed by atoms with Crippen molar-refractivity contribution in [3.8, 4) is 0 Å². The lowest BCUT2D eigenvalue weighted by Gasteiger charge is -2.33. The van der Waals surface area contributed by atoms with E-state index in [0.717, 1.165) is 46.2 Å². The molecule has 1 fully saturated rings. The first-order valence-electron chi connectivity index (χ1n) is 13.8. The monoisotopic (exact) mass is 570 g/mol. The Morgan fingerprint density at radius 2 is 1.95 bits per heavy atom. The van der Waals surface area contributed by atoms with Crippen LogP contribution in [0.5, 0.6) is 0 Å². The molecule has 2 amide bonds. The van der Waals surface area contributed by atoms with Crippen molar-refractivity contribution in [1.29, 1.82) is 0 Å². The number of amides is 2. The van der Waals surface area contributed by atoms with Crippen LogP contribution in [-0.4, -0.2) is 37.8 Å². The standard InChI is InChI=1S/C30H38N2O5S2/c1-17(2)18-6-9-24-23(12-18)19(15-37-24)13-26(33)32-29-27(28(34)31-21-10-11-39(35,36)16-21)22-8-7-20(30(3,4)5)14-25(22)38-29/h6,9,12,15,17,20-21H,7-8,10-11,13-14,16H2,1-5H3,(H,31,34)(H,32,33). The first-order chi connectivity index (χ1) is 18.3. The highest BCUT2D eigenvalue weighted by Gasteiger charge is 2.36. The van der Waals surface area contributed by atoms with Crippen molar-refractivity contribution in [2.45, 2.75) is 78.7 Å². The number of hydrogen-bond acceptors (Lipinski definition) is 6. The van der Waals surface area contributed by atoms with E-state index in [0.29, 0.717) is 28.8 Å². The molecule has 7 nitrogen and oxygen atoms in total. The van der Waals surface area contributed by atoms with Gasteiger partial charge in [0.15, 0.2) is 9.84 Å². The van der Waals surface area contributed by atoms with Gasteiger partial charge in [0.1, 0.15) is 10.6 Å². The van der Waals surface area contributed by atoms with Crippen molar-refractivity contribution in [3.63, 3.8) is 0 Å². The maximum Gasteiger partial charge on any atom is 0.254 e. The molecule has 1 aliphatic carbocycles. The van der Waals surface area contributed by atoms with Gasteiger partial charge in [-0.3, -0.25) is 9.59 Å².